The Bertz CT molecular complexity index is 578. The van der Waals surface area contributed by atoms with Crippen molar-refractivity contribution in [2.24, 2.45) is 0 Å². The summed E-state index contributed by atoms with van der Waals surface area (Å²) >= 11 is 1.64. The smallest absolute Gasteiger partial charge is 0.252 e. The maximum absolute atomic E-state index is 12.3. The number of thiophene rings is 1. The summed E-state index contributed by atoms with van der Waals surface area (Å²) in [4.78, 5) is 12.3. The third-order valence-corrected chi connectivity index (χ3v) is 3.94. The first kappa shape index (κ1) is 14.6. The van der Waals surface area contributed by atoms with Crippen LogP contribution in [-0.2, 0) is 0 Å². The molecule has 0 aliphatic heterocycles. The predicted molar refractivity (Wildman–Crippen MR) is 85.5 cm³/mol. The second-order valence-corrected chi connectivity index (χ2v) is 5.59. The molecule has 1 atom stereocenters. The van der Waals surface area contributed by atoms with Crippen LogP contribution in [0.15, 0.2) is 35.0 Å². The topological polar surface area (TPSA) is 41.1 Å². The normalized spacial score (nSPS) is 11.9. The van der Waals surface area contributed by atoms with Crippen molar-refractivity contribution in [3.8, 4) is 0 Å². The maximum Gasteiger partial charge on any atom is 0.252 e. The zero-order valence-corrected chi connectivity index (χ0v) is 12.9. The molecule has 2 aromatic rings. The molecule has 0 bridgehead atoms. The SMILES string of the molecule is CCNc1ccc(C(=O)NC(C)c2ccsc2)c(C)c1. The molecule has 3 nitrogen and oxygen atoms in total. The van der Waals surface area contributed by atoms with Crippen LogP contribution in [0.25, 0.3) is 0 Å². The Morgan fingerprint density at radius 3 is 2.75 bits per heavy atom. The van der Waals surface area contributed by atoms with E-state index in [0.717, 1.165) is 28.9 Å². The van der Waals surface area contributed by atoms with Gasteiger partial charge < -0.3 is 10.6 Å². The van der Waals surface area contributed by atoms with Crippen molar-refractivity contribution in [3.63, 3.8) is 0 Å². The van der Waals surface area contributed by atoms with Crippen LogP contribution in [-0.4, -0.2) is 12.5 Å². The minimum Gasteiger partial charge on any atom is -0.385 e. The van der Waals surface area contributed by atoms with E-state index in [2.05, 4.69) is 22.9 Å². The largest absolute Gasteiger partial charge is 0.385 e. The first-order valence-corrected chi connectivity index (χ1v) is 7.73. The van der Waals surface area contributed by atoms with Crippen molar-refractivity contribution in [3.05, 3.63) is 51.7 Å². The fourth-order valence-electron chi connectivity index (χ4n) is 2.11. The molecule has 0 saturated heterocycles. The van der Waals surface area contributed by atoms with Crippen LogP contribution in [0.4, 0.5) is 5.69 Å². The van der Waals surface area contributed by atoms with E-state index in [0.29, 0.717) is 0 Å². The molecule has 0 saturated carbocycles. The fourth-order valence-corrected chi connectivity index (χ4v) is 2.87. The van der Waals surface area contributed by atoms with Crippen molar-refractivity contribution in [2.45, 2.75) is 26.8 Å². The van der Waals surface area contributed by atoms with E-state index in [9.17, 15) is 4.79 Å². The average molecular weight is 288 g/mol. The van der Waals surface area contributed by atoms with Gasteiger partial charge in [0.15, 0.2) is 0 Å². The van der Waals surface area contributed by atoms with Gasteiger partial charge in [-0.25, -0.2) is 0 Å². The molecule has 0 fully saturated rings. The first-order valence-electron chi connectivity index (χ1n) is 6.79. The molecule has 0 spiro atoms. The third-order valence-electron chi connectivity index (χ3n) is 3.24. The lowest BCUT2D eigenvalue weighted by molar-refractivity contribution is 0.0939. The summed E-state index contributed by atoms with van der Waals surface area (Å²) in [7, 11) is 0. The van der Waals surface area contributed by atoms with Gasteiger partial charge in [-0.2, -0.15) is 11.3 Å². The molecule has 20 heavy (non-hydrogen) atoms. The van der Waals surface area contributed by atoms with Crippen LogP contribution in [0.5, 0.6) is 0 Å². The van der Waals surface area contributed by atoms with Gasteiger partial charge in [0.05, 0.1) is 6.04 Å². The predicted octanol–water partition coefficient (Wildman–Crippen LogP) is 3.98. The van der Waals surface area contributed by atoms with E-state index >= 15 is 0 Å². The second-order valence-electron chi connectivity index (χ2n) is 4.81. The summed E-state index contributed by atoms with van der Waals surface area (Å²) in [6.45, 7) is 6.89. The van der Waals surface area contributed by atoms with E-state index in [1.807, 2.05) is 43.5 Å². The number of hydrogen-bond donors (Lipinski definition) is 2. The van der Waals surface area contributed by atoms with Crippen molar-refractivity contribution in [1.29, 1.82) is 0 Å². The van der Waals surface area contributed by atoms with Crippen LogP contribution in [0.1, 0.15) is 41.4 Å². The molecule has 1 heterocycles. The Hall–Kier alpha value is -1.81. The van der Waals surface area contributed by atoms with Crippen LogP contribution in [0.2, 0.25) is 0 Å². The molecule has 1 unspecified atom stereocenters. The Balaban J connectivity index is 2.09. The van der Waals surface area contributed by atoms with Gasteiger partial charge in [0.25, 0.3) is 5.91 Å². The van der Waals surface area contributed by atoms with E-state index in [1.54, 1.807) is 11.3 Å². The summed E-state index contributed by atoms with van der Waals surface area (Å²) in [5.41, 5.74) is 3.91. The lowest BCUT2D eigenvalue weighted by Crippen LogP contribution is -2.27. The van der Waals surface area contributed by atoms with Crippen LogP contribution in [0, 0.1) is 6.92 Å². The Labute approximate surface area is 124 Å². The summed E-state index contributed by atoms with van der Waals surface area (Å²) in [6.07, 6.45) is 0. The third kappa shape index (κ3) is 3.39. The number of hydrogen-bond acceptors (Lipinski definition) is 3. The van der Waals surface area contributed by atoms with Crippen molar-refractivity contribution >= 4 is 22.9 Å². The lowest BCUT2D eigenvalue weighted by atomic mass is 10.1. The van der Waals surface area contributed by atoms with Gasteiger partial charge in [-0.1, -0.05) is 0 Å². The van der Waals surface area contributed by atoms with Crippen molar-refractivity contribution in [1.82, 2.24) is 5.32 Å². The van der Waals surface area contributed by atoms with E-state index < -0.39 is 0 Å². The zero-order valence-electron chi connectivity index (χ0n) is 12.1. The van der Waals surface area contributed by atoms with Gasteiger partial charge in [0.2, 0.25) is 0 Å². The molecule has 106 valence electrons. The number of aryl methyl sites for hydroxylation is 1. The number of amides is 1. The average Bonchev–Trinajstić information content (AvgIpc) is 2.93. The standard InChI is InChI=1S/C16H20N2OS/c1-4-17-14-5-6-15(11(2)9-14)16(19)18-12(3)13-7-8-20-10-13/h5-10,12,17H,4H2,1-3H3,(H,18,19). The number of benzene rings is 1. The Kier molecular flexibility index (Phi) is 4.79. The zero-order chi connectivity index (χ0) is 14.5. The molecule has 1 aromatic heterocycles. The molecule has 1 aromatic carbocycles. The molecule has 2 rings (SSSR count). The van der Waals surface area contributed by atoms with E-state index in [-0.39, 0.29) is 11.9 Å². The monoisotopic (exact) mass is 288 g/mol. The lowest BCUT2D eigenvalue weighted by Gasteiger charge is -2.14. The first-order chi connectivity index (χ1) is 9.61. The maximum atomic E-state index is 12.3. The summed E-state index contributed by atoms with van der Waals surface area (Å²) in [5.74, 6) is -0.0238. The van der Waals surface area contributed by atoms with Crippen molar-refractivity contribution in [2.75, 3.05) is 11.9 Å². The molecule has 1 amide bonds. The minimum atomic E-state index is -0.0238. The number of nitrogens with one attached hydrogen (secondary N) is 2. The minimum absolute atomic E-state index is 0.0238. The van der Waals surface area contributed by atoms with Crippen molar-refractivity contribution < 1.29 is 4.79 Å². The van der Waals surface area contributed by atoms with Crippen LogP contribution < -0.4 is 10.6 Å². The van der Waals surface area contributed by atoms with E-state index in [4.69, 9.17) is 0 Å². The van der Waals surface area contributed by atoms with Gasteiger partial charge in [-0.15, -0.1) is 0 Å². The summed E-state index contributed by atoms with van der Waals surface area (Å²) in [5, 5.41) is 10.4. The number of carbonyl (C=O) groups excluding carboxylic acids is 1. The quantitative estimate of drug-likeness (QED) is 0.873. The van der Waals surface area contributed by atoms with Gasteiger partial charge >= 0.3 is 0 Å². The molecule has 4 heteroatoms. The highest BCUT2D eigenvalue weighted by molar-refractivity contribution is 7.07. The molecule has 0 aliphatic carbocycles. The fraction of sp³-hybridized carbons (Fsp3) is 0.312. The second kappa shape index (κ2) is 6.57. The van der Waals surface area contributed by atoms with Crippen LogP contribution in [0.3, 0.4) is 0 Å². The highest BCUT2D eigenvalue weighted by Gasteiger charge is 2.13. The van der Waals surface area contributed by atoms with E-state index in [1.165, 1.54) is 0 Å². The summed E-state index contributed by atoms with van der Waals surface area (Å²) in [6, 6.07) is 7.90. The Morgan fingerprint density at radius 1 is 1.35 bits per heavy atom. The molecular weight excluding hydrogens is 268 g/mol. The highest BCUT2D eigenvalue weighted by atomic mass is 32.1. The van der Waals surface area contributed by atoms with Gasteiger partial charge in [0, 0.05) is 17.8 Å². The Morgan fingerprint density at radius 2 is 2.15 bits per heavy atom. The molecule has 2 N–H and O–H groups in total. The molecule has 0 aliphatic rings. The molecule has 0 radical (unpaired) electrons. The number of rotatable bonds is 5. The number of carbonyl (C=O) groups is 1. The number of anilines is 1. The van der Waals surface area contributed by atoms with Gasteiger partial charge in [-0.05, 0) is 66.9 Å². The summed E-state index contributed by atoms with van der Waals surface area (Å²) < 4.78 is 0. The highest BCUT2D eigenvalue weighted by Crippen LogP contribution is 2.19. The van der Waals surface area contributed by atoms with Gasteiger partial charge in [0.1, 0.15) is 0 Å². The molecular formula is C16H20N2OS. The van der Waals surface area contributed by atoms with Crippen LogP contribution >= 0.6 is 11.3 Å². The van der Waals surface area contributed by atoms with Gasteiger partial charge in [-0.3, -0.25) is 4.79 Å².